The number of benzene rings is 1. The zero-order chi connectivity index (χ0) is 17.5. The third-order valence-electron chi connectivity index (χ3n) is 2.93. The highest BCUT2D eigenvalue weighted by atomic mass is 79.9. The summed E-state index contributed by atoms with van der Waals surface area (Å²) in [6.07, 6.45) is 1.77. The van der Waals surface area contributed by atoms with Gasteiger partial charge in [-0.15, -0.1) is 11.3 Å². The van der Waals surface area contributed by atoms with E-state index in [1.165, 1.54) is 18.4 Å². The second-order valence-corrected chi connectivity index (χ2v) is 6.22. The molecule has 0 aliphatic heterocycles. The van der Waals surface area contributed by atoms with E-state index in [4.69, 9.17) is 9.47 Å². The minimum atomic E-state index is -0.328. The molecule has 1 aromatic heterocycles. The molecule has 7 nitrogen and oxygen atoms in total. The van der Waals surface area contributed by atoms with Crippen molar-refractivity contribution in [3.8, 4) is 11.5 Å². The summed E-state index contributed by atoms with van der Waals surface area (Å²) < 4.78 is 15.9. The van der Waals surface area contributed by atoms with Gasteiger partial charge in [-0.25, -0.2) is 4.98 Å². The maximum absolute atomic E-state index is 11.2. The Morgan fingerprint density at radius 3 is 2.83 bits per heavy atom. The van der Waals surface area contributed by atoms with Crippen molar-refractivity contribution in [2.45, 2.75) is 6.42 Å². The van der Waals surface area contributed by atoms with Gasteiger partial charge in [0.25, 0.3) is 0 Å². The maximum Gasteiger partial charge on any atom is 0.311 e. The Morgan fingerprint density at radius 2 is 2.17 bits per heavy atom. The van der Waals surface area contributed by atoms with Gasteiger partial charge in [-0.1, -0.05) is 0 Å². The minimum absolute atomic E-state index is 0.140. The molecule has 0 saturated heterocycles. The van der Waals surface area contributed by atoms with Gasteiger partial charge in [0.2, 0.25) is 5.13 Å². The number of ether oxygens (including phenoxy) is 3. The number of carbonyl (C=O) groups excluding carboxylic acids is 1. The van der Waals surface area contributed by atoms with Crippen molar-refractivity contribution in [3.63, 3.8) is 0 Å². The van der Waals surface area contributed by atoms with E-state index in [9.17, 15) is 4.79 Å². The summed E-state index contributed by atoms with van der Waals surface area (Å²) in [5.41, 5.74) is 4.28. The van der Waals surface area contributed by atoms with Crippen LogP contribution in [0.5, 0.6) is 11.5 Å². The number of esters is 1. The van der Waals surface area contributed by atoms with E-state index < -0.39 is 0 Å². The molecule has 0 bridgehead atoms. The van der Waals surface area contributed by atoms with Crippen LogP contribution in [0.4, 0.5) is 5.13 Å². The molecule has 0 radical (unpaired) electrons. The van der Waals surface area contributed by atoms with Crippen LogP contribution in [0.1, 0.15) is 11.3 Å². The van der Waals surface area contributed by atoms with Crippen LogP contribution in [0, 0.1) is 0 Å². The zero-order valence-corrected chi connectivity index (χ0v) is 15.7. The largest absolute Gasteiger partial charge is 0.493 e. The first-order valence-corrected chi connectivity index (χ1v) is 8.46. The smallest absolute Gasteiger partial charge is 0.311 e. The predicted octanol–water partition coefficient (Wildman–Crippen LogP) is 3.08. The van der Waals surface area contributed by atoms with Crippen molar-refractivity contribution in [3.05, 3.63) is 33.2 Å². The predicted molar refractivity (Wildman–Crippen MR) is 96.3 cm³/mol. The van der Waals surface area contributed by atoms with Gasteiger partial charge in [0, 0.05) is 5.38 Å². The average Bonchev–Trinajstić information content (AvgIpc) is 3.01. The lowest BCUT2D eigenvalue weighted by molar-refractivity contribution is -0.139. The number of anilines is 1. The molecule has 0 fully saturated rings. The number of thiazole rings is 1. The highest BCUT2D eigenvalue weighted by molar-refractivity contribution is 9.10. The first kappa shape index (κ1) is 18.2. The molecule has 0 aliphatic carbocycles. The molecule has 24 heavy (non-hydrogen) atoms. The first-order chi connectivity index (χ1) is 11.6. The van der Waals surface area contributed by atoms with Gasteiger partial charge in [-0.05, 0) is 33.6 Å². The minimum Gasteiger partial charge on any atom is -0.493 e. The number of aromatic nitrogens is 1. The Hall–Kier alpha value is -2.13. The Bertz CT molecular complexity index is 748. The zero-order valence-electron chi connectivity index (χ0n) is 13.3. The number of rotatable bonds is 7. The van der Waals surface area contributed by atoms with Crippen molar-refractivity contribution in [1.29, 1.82) is 0 Å². The van der Waals surface area contributed by atoms with Crippen molar-refractivity contribution in [2.24, 2.45) is 5.10 Å². The van der Waals surface area contributed by atoms with Gasteiger partial charge in [0.1, 0.15) is 0 Å². The lowest BCUT2D eigenvalue weighted by atomic mass is 10.2. The van der Waals surface area contributed by atoms with Crippen LogP contribution in [-0.4, -0.2) is 38.5 Å². The Kier molecular flexibility index (Phi) is 6.56. The summed E-state index contributed by atoms with van der Waals surface area (Å²) in [7, 11) is 4.49. The van der Waals surface area contributed by atoms with Crippen LogP contribution >= 0.6 is 27.3 Å². The van der Waals surface area contributed by atoms with Gasteiger partial charge in [0.15, 0.2) is 11.5 Å². The fourth-order valence-corrected chi connectivity index (χ4v) is 3.11. The molecule has 1 aromatic carbocycles. The first-order valence-electron chi connectivity index (χ1n) is 6.79. The van der Waals surface area contributed by atoms with Crippen molar-refractivity contribution >= 4 is 44.6 Å². The summed E-state index contributed by atoms with van der Waals surface area (Å²) >= 11 is 4.78. The number of hydrogen-bond acceptors (Lipinski definition) is 8. The van der Waals surface area contributed by atoms with Crippen LogP contribution in [0.3, 0.4) is 0 Å². The second kappa shape index (κ2) is 8.65. The number of hydrazone groups is 1. The van der Waals surface area contributed by atoms with E-state index in [-0.39, 0.29) is 12.4 Å². The number of hydrogen-bond donors (Lipinski definition) is 1. The van der Waals surface area contributed by atoms with E-state index in [1.54, 1.807) is 31.9 Å². The van der Waals surface area contributed by atoms with Crippen molar-refractivity contribution in [1.82, 2.24) is 4.98 Å². The van der Waals surface area contributed by atoms with E-state index in [1.807, 2.05) is 6.07 Å². The summed E-state index contributed by atoms with van der Waals surface area (Å²) in [5, 5.41) is 6.50. The molecule has 1 N–H and O–H groups in total. The highest BCUT2D eigenvalue weighted by Gasteiger charge is 2.10. The van der Waals surface area contributed by atoms with Crippen molar-refractivity contribution in [2.75, 3.05) is 26.8 Å². The molecule has 128 valence electrons. The Balaban J connectivity index is 2.04. The molecule has 0 aliphatic rings. The van der Waals surface area contributed by atoms with Crippen LogP contribution in [0.25, 0.3) is 0 Å². The standard InChI is InChI=1S/C15H16BrN3O4S/c1-21-12-5-9(4-11(16)14(12)23-3)7-17-19-15-18-10(8-24-15)6-13(20)22-2/h4-5,7-8H,6H2,1-3H3,(H,18,19)/b17-7-. The summed E-state index contributed by atoms with van der Waals surface area (Å²) in [5.74, 6) is 0.892. The molecule has 0 unspecified atom stereocenters. The van der Waals surface area contributed by atoms with E-state index in [2.05, 4.69) is 36.2 Å². The number of methoxy groups -OCH3 is 3. The van der Waals surface area contributed by atoms with Gasteiger partial charge < -0.3 is 14.2 Å². The van der Waals surface area contributed by atoms with Gasteiger partial charge in [-0.3, -0.25) is 10.2 Å². The summed E-state index contributed by atoms with van der Waals surface area (Å²) in [6.45, 7) is 0. The van der Waals surface area contributed by atoms with Gasteiger partial charge in [-0.2, -0.15) is 5.10 Å². The second-order valence-electron chi connectivity index (χ2n) is 4.51. The quantitative estimate of drug-likeness (QED) is 0.426. The molecule has 9 heteroatoms. The van der Waals surface area contributed by atoms with Gasteiger partial charge >= 0.3 is 5.97 Å². The number of halogens is 1. The van der Waals surface area contributed by atoms with E-state index in [0.717, 1.165) is 10.0 Å². The lowest BCUT2D eigenvalue weighted by Gasteiger charge is -2.10. The monoisotopic (exact) mass is 413 g/mol. The van der Waals surface area contributed by atoms with Crippen LogP contribution in [0.2, 0.25) is 0 Å². The molecule has 0 saturated carbocycles. The molecule has 0 amide bonds. The van der Waals surface area contributed by atoms with Crippen LogP contribution < -0.4 is 14.9 Å². The maximum atomic E-state index is 11.2. The van der Waals surface area contributed by atoms with Crippen LogP contribution in [-0.2, 0) is 16.0 Å². The Labute approximate surface area is 151 Å². The molecular weight excluding hydrogens is 398 g/mol. The van der Waals surface area contributed by atoms with E-state index >= 15 is 0 Å². The molecule has 0 spiro atoms. The average molecular weight is 414 g/mol. The third-order valence-corrected chi connectivity index (χ3v) is 4.32. The van der Waals surface area contributed by atoms with Gasteiger partial charge in [0.05, 0.1) is 44.1 Å². The summed E-state index contributed by atoms with van der Waals surface area (Å²) in [6, 6.07) is 3.66. The molecule has 0 atom stereocenters. The van der Waals surface area contributed by atoms with Crippen LogP contribution in [0.15, 0.2) is 27.1 Å². The Morgan fingerprint density at radius 1 is 1.38 bits per heavy atom. The number of nitrogens with zero attached hydrogens (tertiary/aromatic N) is 2. The third kappa shape index (κ3) is 4.68. The molecular formula is C15H16BrN3O4S. The fourth-order valence-electron chi connectivity index (χ4n) is 1.83. The molecule has 1 heterocycles. The lowest BCUT2D eigenvalue weighted by Crippen LogP contribution is -2.04. The summed E-state index contributed by atoms with van der Waals surface area (Å²) in [4.78, 5) is 15.4. The molecule has 2 rings (SSSR count). The topological polar surface area (TPSA) is 82.0 Å². The SMILES string of the molecule is COC(=O)Cc1csc(N/N=C\c2cc(Br)c(OC)c(OC)c2)n1. The number of carbonyl (C=O) groups is 1. The normalized spacial score (nSPS) is 10.7. The van der Waals surface area contributed by atoms with E-state index in [0.29, 0.717) is 22.3 Å². The molecule has 2 aromatic rings. The number of nitrogens with one attached hydrogen (secondary N) is 1. The van der Waals surface area contributed by atoms with Crippen molar-refractivity contribution < 1.29 is 19.0 Å². The fraction of sp³-hybridized carbons (Fsp3) is 0.267. The highest BCUT2D eigenvalue weighted by Crippen LogP contribution is 2.35.